The molecule has 0 aromatic heterocycles. The molecule has 0 spiro atoms. The Morgan fingerprint density at radius 3 is 2.33 bits per heavy atom. The summed E-state index contributed by atoms with van der Waals surface area (Å²) in [4.78, 5) is 13.5. The van der Waals surface area contributed by atoms with E-state index in [0.717, 1.165) is 0 Å². The third kappa shape index (κ3) is 2.21. The zero-order valence-electron chi connectivity index (χ0n) is 5.38. The lowest BCUT2D eigenvalue weighted by atomic mass is 10.4. The van der Waals surface area contributed by atoms with Crippen LogP contribution in [0, 0.1) is 0 Å². The van der Waals surface area contributed by atoms with Gasteiger partial charge in [0, 0.05) is 0 Å². The van der Waals surface area contributed by atoms with Crippen molar-refractivity contribution in [3.8, 4) is 0 Å². The van der Waals surface area contributed by atoms with E-state index in [4.69, 9.17) is 5.73 Å². The average molecular weight is 150 g/mol. The van der Waals surface area contributed by atoms with E-state index in [1.165, 1.54) is 18.7 Å². The van der Waals surface area contributed by atoms with Gasteiger partial charge in [-0.3, -0.25) is 0 Å². The summed E-state index contributed by atoms with van der Waals surface area (Å²) < 4.78 is 0. The molecule has 0 amide bonds. The van der Waals surface area contributed by atoms with Crippen molar-refractivity contribution < 1.29 is 9.63 Å². The monoisotopic (exact) mass is 150 g/mol. The fourth-order valence-electron chi connectivity index (χ4n) is 0.200. The molecule has 0 aliphatic heterocycles. The second-order valence-electron chi connectivity index (χ2n) is 1.72. The molecule has 0 bridgehead atoms. The summed E-state index contributed by atoms with van der Waals surface area (Å²) >= 11 is 1.18. The van der Waals surface area contributed by atoms with Crippen LogP contribution in [0.1, 0.15) is 6.92 Å². The van der Waals surface area contributed by atoms with Crippen molar-refractivity contribution in [2.24, 2.45) is 11.6 Å². The summed E-state index contributed by atoms with van der Waals surface area (Å²) in [5.41, 5.74) is 5.38. The standard InChI is InChI=1S/C4H10N2O2S/c1-4(5,9-2)3(7)8-6/h5-6H2,1-2H3/t4-/m1/s1. The largest absolute Gasteiger partial charge is 0.371 e. The number of nitrogens with two attached hydrogens (primary N) is 2. The van der Waals surface area contributed by atoms with Gasteiger partial charge in [-0.25, -0.2) is 4.79 Å². The number of rotatable bonds is 2. The van der Waals surface area contributed by atoms with Crippen LogP contribution in [0.5, 0.6) is 0 Å². The number of carbonyl (C=O) groups excluding carboxylic acids is 1. The van der Waals surface area contributed by atoms with Crippen molar-refractivity contribution in [3.05, 3.63) is 0 Å². The van der Waals surface area contributed by atoms with Gasteiger partial charge in [0.25, 0.3) is 0 Å². The summed E-state index contributed by atoms with van der Waals surface area (Å²) in [6.07, 6.45) is 1.71. The van der Waals surface area contributed by atoms with Crippen LogP contribution in [0.4, 0.5) is 0 Å². The first kappa shape index (κ1) is 8.74. The van der Waals surface area contributed by atoms with Crippen LogP contribution in [0.25, 0.3) is 0 Å². The molecule has 4 nitrogen and oxygen atoms in total. The third-order valence-electron chi connectivity index (χ3n) is 0.936. The van der Waals surface area contributed by atoms with Crippen molar-refractivity contribution in [1.82, 2.24) is 0 Å². The molecule has 0 saturated heterocycles. The molecule has 5 heteroatoms. The second kappa shape index (κ2) is 3.05. The van der Waals surface area contributed by atoms with Gasteiger partial charge >= 0.3 is 5.97 Å². The van der Waals surface area contributed by atoms with Crippen molar-refractivity contribution >= 4 is 17.7 Å². The molecule has 0 rings (SSSR count). The quantitative estimate of drug-likeness (QED) is 0.407. The van der Waals surface area contributed by atoms with Gasteiger partial charge < -0.3 is 10.6 Å². The molecule has 4 N–H and O–H groups in total. The van der Waals surface area contributed by atoms with E-state index in [-0.39, 0.29) is 0 Å². The lowest BCUT2D eigenvalue weighted by Gasteiger charge is -2.16. The maximum Gasteiger partial charge on any atom is 0.354 e. The molecular formula is C4H10N2O2S. The van der Waals surface area contributed by atoms with Crippen LogP contribution >= 0.6 is 11.8 Å². The SMILES string of the molecule is CS[C@@](C)(N)C(=O)ON. The van der Waals surface area contributed by atoms with Crippen LogP contribution in [0.3, 0.4) is 0 Å². The van der Waals surface area contributed by atoms with Gasteiger partial charge in [-0.15, -0.1) is 11.8 Å². The van der Waals surface area contributed by atoms with E-state index in [1.54, 1.807) is 6.26 Å². The van der Waals surface area contributed by atoms with Gasteiger partial charge in [-0.2, -0.15) is 5.90 Å². The molecule has 0 aromatic rings. The van der Waals surface area contributed by atoms with E-state index in [9.17, 15) is 4.79 Å². The Balaban J connectivity index is 3.97. The van der Waals surface area contributed by atoms with Crippen molar-refractivity contribution in [1.29, 1.82) is 0 Å². The van der Waals surface area contributed by atoms with Gasteiger partial charge in [0.15, 0.2) is 4.87 Å². The minimum atomic E-state index is -1.02. The molecule has 0 heterocycles. The first-order valence-electron chi connectivity index (χ1n) is 2.29. The van der Waals surface area contributed by atoms with Gasteiger partial charge in [-0.05, 0) is 13.2 Å². The van der Waals surface area contributed by atoms with Gasteiger partial charge in [0.2, 0.25) is 0 Å². The maximum atomic E-state index is 10.6. The van der Waals surface area contributed by atoms with Crippen LogP contribution in [0.15, 0.2) is 0 Å². The highest BCUT2D eigenvalue weighted by Crippen LogP contribution is 2.15. The summed E-state index contributed by atoms with van der Waals surface area (Å²) in [5, 5.41) is 0. The molecule has 0 unspecified atom stereocenters. The van der Waals surface area contributed by atoms with Gasteiger partial charge in [0.05, 0.1) is 0 Å². The first-order valence-corrected chi connectivity index (χ1v) is 3.52. The Bertz CT molecular complexity index is 115. The summed E-state index contributed by atoms with van der Waals surface area (Å²) in [7, 11) is 0. The van der Waals surface area contributed by atoms with E-state index in [0.29, 0.717) is 0 Å². The predicted octanol–water partition coefficient (Wildman–Crippen LogP) is -0.559. The minimum Gasteiger partial charge on any atom is -0.371 e. The third-order valence-corrected chi connectivity index (χ3v) is 1.95. The maximum absolute atomic E-state index is 10.6. The molecule has 0 aliphatic rings. The van der Waals surface area contributed by atoms with Gasteiger partial charge in [0.1, 0.15) is 0 Å². The van der Waals surface area contributed by atoms with Crippen LogP contribution < -0.4 is 11.6 Å². The van der Waals surface area contributed by atoms with E-state index < -0.39 is 10.8 Å². The normalized spacial score (nSPS) is 16.4. The molecule has 1 atom stereocenters. The molecule has 54 valence electrons. The highest BCUT2D eigenvalue weighted by Gasteiger charge is 2.28. The zero-order chi connectivity index (χ0) is 7.49. The lowest BCUT2D eigenvalue weighted by Crippen LogP contribution is -2.43. The van der Waals surface area contributed by atoms with Crippen LogP contribution in [-0.4, -0.2) is 17.1 Å². The number of thioether (sulfide) groups is 1. The second-order valence-corrected chi connectivity index (χ2v) is 2.97. The summed E-state index contributed by atoms with van der Waals surface area (Å²) in [6, 6.07) is 0. The summed E-state index contributed by atoms with van der Waals surface area (Å²) in [6.45, 7) is 1.53. The van der Waals surface area contributed by atoms with Crippen LogP contribution in [0.2, 0.25) is 0 Å². The Morgan fingerprint density at radius 2 is 2.22 bits per heavy atom. The highest BCUT2D eigenvalue weighted by atomic mass is 32.2. The Kier molecular flexibility index (Phi) is 2.96. The molecule has 0 fully saturated rings. The van der Waals surface area contributed by atoms with Crippen molar-refractivity contribution in [2.45, 2.75) is 11.8 Å². The molecule has 0 aliphatic carbocycles. The Labute approximate surface area is 57.9 Å². The highest BCUT2D eigenvalue weighted by molar-refractivity contribution is 8.00. The van der Waals surface area contributed by atoms with Crippen molar-refractivity contribution in [2.75, 3.05) is 6.26 Å². The van der Waals surface area contributed by atoms with E-state index >= 15 is 0 Å². The molecular weight excluding hydrogens is 140 g/mol. The van der Waals surface area contributed by atoms with E-state index in [1.807, 2.05) is 0 Å². The zero-order valence-corrected chi connectivity index (χ0v) is 6.20. The molecule has 0 saturated carbocycles. The topological polar surface area (TPSA) is 78.3 Å². The average Bonchev–Trinajstić information content (AvgIpc) is 1.86. The Morgan fingerprint density at radius 1 is 1.78 bits per heavy atom. The van der Waals surface area contributed by atoms with Crippen LogP contribution in [-0.2, 0) is 9.63 Å². The Hall–Kier alpha value is -0.260. The number of hydrogen-bond acceptors (Lipinski definition) is 5. The van der Waals surface area contributed by atoms with E-state index in [2.05, 4.69) is 10.7 Å². The molecule has 0 radical (unpaired) electrons. The van der Waals surface area contributed by atoms with Gasteiger partial charge in [-0.1, -0.05) is 0 Å². The lowest BCUT2D eigenvalue weighted by molar-refractivity contribution is -0.146. The number of carbonyl (C=O) groups is 1. The fourth-order valence-corrected chi connectivity index (χ4v) is 0.415. The smallest absolute Gasteiger partial charge is 0.354 e. The minimum absolute atomic E-state index is 0.616. The first-order chi connectivity index (χ1) is 4.04. The summed E-state index contributed by atoms with van der Waals surface area (Å²) in [5.74, 6) is 3.98. The predicted molar refractivity (Wildman–Crippen MR) is 36.4 cm³/mol. The number of hydrogen-bond donors (Lipinski definition) is 2. The fraction of sp³-hybridized carbons (Fsp3) is 0.750. The molecule has 9 heavy (non-hydrogen) atoms. The van der Waals surface area contributed by atoms with Crippen molar-refractivity contribution in [3.63, 3.8) is 0 Å². The molecule has 0 aromatic carbocycles.